The summed E-state index contributed by atoms with van der Waals surface area (Å²) in [5.74, 6) is -2.04. The van der Waals surface area contributed by atoms with Crippen LogP contribution in [-0.4, -0.2) is 19.6 Å². The minimum atomic E-state index is -2.65. The molecule has 2 rings (SSSR count). The van der Waals surface area contributed by atoms with Gasteiger partial charge in [0.05, 0.1) is 13.7 Å². The van der Waals surface area contributed by atoms with E-state index in [0.717, 1.165) is 5.69 Å². The molecule has 0 aliphatic carbocycles. The summed E-state index contributed by atoms with van der Waals surface area (Å²) < 4.78 is 31.0. The van der Waals surface area contributed by atoms with Crippen molar-refractivity contribution in [2.45, 2.75) is 12.3 Å². The maximum Gasteiger partial charge on any atom is 0.269 e. The van der Waals surface area contributed by atoms with Gasteiger partial charge in [0.25, 0.3) is 5.92 Å². The van der Waals surface area contributed by atoms with Crippen molar-refractivity contribution in [2.24, 2.45) is 0 Å². The van der Waals surface area contributed by atoms with E-state index in [9.17, 15) is 8.78 Å². The van der Waals surface area contributed by atoms with E-state index in [4.69, 9.17) is 4.74 Å². The number of ether oxygens (including phenoxy) is 1. The standard InChI is InChI=1S/C10H11F2NO/c1-14-8-2-3-9-7(4-8)5-10(11,12)6-13-9/h2-4,13H,5-6H2,1H3. The topological polar surface area (TPSA) is 21.3 Å². The highest BCUT2D eigenvalue weighted by Gasteiger charge is 2.33. The molecular weight excluding hydrogens is 188 g/mol. The number of alkyl halides is 2. The number of rotatable bonds is 1. The first-order valence-corrected chi connectivity index (χ1v) is 4.39. The van der Waals surface area contributed by atoms with Gasteiger partial charge in [-0.15, -0.1) is 0 Å². The Labute approximate surface area is 80.9 Å². The molecule has 0 atom stereocenters. The smallest absolute Gasteiger partial charge is 0.269 e. The van der Waals surface area contributed by atoms with Crippen LogP contribution < -0.4 is 10.1 Å². The molecule has 1 heterocycles. The molecule has 0 saturated heterocycles. The predicted octanol–water partition coefficient (Wildman–Crippen LogP) is 2.30. The summed E-state index contributed by atoms with van der Waals surface area (Å²) in [6.45, 7) is -0.285. The first-order chi connectivity index (χ1) is 6.61. The van der Waals surface area contributed by atoms with Crippen LogP contribution in [-0.2, 0) is 6.42 Å². The third-order valence-corrected chi connectivity index (χ3v) is 2.30. The zero-order valence-corrected chi connectivity index (χ0v) is 7.81. The van der Waals surface area contributed by atoms with E-state index >= 15 is 0 Å². The van der Waals surface area contributed by atoms with Gasteiger partial charge in [-0.25, -0.2) is 8.78 Å². The van der Waals surface area contributed by atoms with Gasteiger partial charge in [0.2, 0.25) is 0 Å². The number of anilines is 1. The molecule has 0 unspecified atom stereocenters. The number of hydrogen-bond acceptors (Lipinski definition) is 2. The van der Waals surface area contributed by atoms with Crippen molar-refractivity contribution in [1.29, 1.82) is 0 Å². The van der Waals surface area contributed by atoms with Crippen LogP contribution in [0.5, 0.6) is 5.75 Å². The quantitative estimate of drug-likeness (QED) is 0.749. The van der Waals surface area contributed by atoms with E-state index in [1.54, 1.807) is 18.2 Å². The van der Waals surface area contributed by atoms with Crippen molar-refractivity contribution >= 4 is 5.69 Å². The summed E-state index contributed by atoms with van der Waals surface area (Å²) in [6.07, 6.45) is -0.216. The summed E-state index contributed by atoms with van der Waals surface area (Å²) >= 11 is 0. The molecule has 1 aromatic carbocycles. The SMILES string of the molecule is COc1ccc2c(c1)CC(F)(F)CN2. The summed E-state index contributed by atoms with van der Waals surface area (Å²) in [4.78, 5) is 0. The Morgan fingerprint density at radius 3 is 2.93 bits per heavy atom. The lowest BCUT2D eigenvalue weighted by Crippen LogP contribution is -2.34. The Balaban J connectivity index is 2.34. The molecule has 76 valence electrons. The Morgan fingerprint density at radius 2 is 2.21 bits per heavy atom. The fourth-order valence-electron chi connectivity index (χ4n) is 1.58. The van der Waals surface area contributed by atoms with Crippen molar-refractivity contribution in [3.63, 3.8) is 0 Å². The van der Waals surface area contributed by atoms with Gasteiger partial charge in [0.15, 0.2) is 0 Å². The fourth-order valence-corrected chi connectivity index (χ4v) is 1.58. The largest absolute Gasteiger partial charge is 0.497 e. The molecule has 0 fully saturated rings. The second-order valence-corrected chi connectivity index (χ2v) is 3.41. The van der Waals surface area contributed by atoms with Gasteiger partial charge in [0, 0.05) is 12.1 Å². The van der Waals surface area contributed by atoms with E-state index in [0.29, 0.717) is 11.3 Å². The van der Waals surface area contributed by atoms with Gasteiger partial charge in [-0.2, -0.15) is 0 Å². The summed E-state index contributed by atoms with van der Waals surface area (Å²) in [5, 5.41) is 2.70. The summed E-state index contributed by atoms with van der Waals surface area (Å²) in [5.41, 5.74) is 1.39. The van der Waals surface area contributed by atoms with Crippen LogP contribution in [0.15, 0.2) is 18.2 Å². The van der Waals surface area contributed by atoms with Crippen LogP contribution in [0.2, 0.25) is 0 Å². The molecule has 0 bridgehead atoms. The van der Waals surface area contributed by atoms with Crippen LogP contribution in [0.3, 0.4) is 0 Å². The fraction of sp³-hybridized carbons (Fsp3) is 0.400. The Hall–Kier alpha value is -1.32. The third-order valence-electron chi connectivity index (χ3n) is 2.30. The molecule has 14 heavy (non-hydrogen) atoms. The molecule has 2 nitrogen and oxygen atoms in total. The van der Waals surface area contributed by atoms with Crippen molar-refractivity contribution < 1.29 is 13.5 Å². The van der Waals surface area contributed by atoms with Crippen molar-refractivity contribution in [1.82, 2.24) is 0 Å². The average Bonchev–Trinajstić information content (AvgIpc) is 2.15. The zero-order chi connectivity index (χ0) is 10.2. The molecule has 1 aliphatic heterocycles. The summed E-state index contributed by atoms with van der Waals surface area (Å²) in [6, 6.07) is 5.17. The number of benzene rings is 1. The van der Waals surface area contributed by atoms with Crippen molar-refractivity contribution in [2.75, 3.05) is 19.0 Å². The van der Waals surface area contributed by atoms with Crippen molar-refractivity contribution in [3.05, 3.63) is 23.8 Å². The van der Waals surface area contributed by atoms with Gasteiger partial charge in [-0.05, 0) is 23.8 Å². The van der Waals surface area contributed by atoms with Gasteiger partial charge in [-0.1, -0.05) is 0 Å². The molecular formula is C10H11F2NO. The number of nitrogens with one attached hydrogen (secondary N) is 1. The monoisotopic (exact) mass is 199 g/mol. The van der Waals surface area contributed by atoms with Crippen LogP contribution >= 0.6 is 0 Å². The third kappa shape index (κ3) is 1.64. The Bertz CT molecular complexity index is 352. The van der Waals surface area contributed by atoms with Gasteiger partial charge in [-0.3, -0.25) is 0 Å². The van der Waals surface area contributed by atoms with Crippen LogP contribution in [0.25, 0.3) is 0 Å². The van der Waals surface area contributed by atoms with E-state index in [1.165, 1.54) is 7.11 Å². The minimum Gasteiger partial charge on any atom is -0.497 e. The molecule has 0 radical (unpaired) electrons. The molecule has 1 aromatic rings. The molecule has 1 N–H and O–H groups in total. The normalized spacial score (nSPS) is 18.2. The van der Waals surface area contributed by atoms with Crippen molar-refractivity contribution in [3.8, 4) is 5.75 Å². The van der Waals surface area contributed by atoms with Crippen LogP contribution in [0.1, 0.15) is 5.56 Å². The first kappa shape index (κ1) is 9.24. The van der Waals surface area contributed by atoms with Crippen LogP contribution in [0, 0.1) is 0 Å². The zero-order valence-electron chi connectivity index (χ0n) is 7.81. The van der Waals surface area contributed by atoms with E-state index in [2.05, 4.69) is 5.32 Å². The lowest BCUT2D eigenvalue weighted by molar-refractivity contribution is 0.0129. The second kappa shape index (κ2) is 3.12. The predicted molar refractivity (Wildman–Crippen MR) is 50.1 cm³/mol. The molecule has 0 amide bonds. The molecule has 0 spiro atoms. The molecule has 1 aliphatic rings. The lowest BCUT2D eigenvalue weighted by atomic mass is 10.0. The highest BCUT2D eigenvalue weighted by Crippen LogP contribution is 2.32. The first-order valence-electron chi connectivity index (χ1n) is 4.39. The number of hydrogen-bond donors (Lipinski definition) is 1. The highest BCUT2D eigenvalue weighted by atomic mass is 19.3. The Morgan fingerprint density at radius 1 is 1.43 bits per heavy atom. The summed E-state index contributed by atoms with van der Waals surface area (Å²) in [7, 11) is 1.52. The molecule has 0 saturated carbocycles. The minimum absolute atomic E-state index is 0.216. The van der Waals surface area contributed by atoms with Gasteiger partial charge < -0.3 is 10.1 Å². The number of halogens is 2. The van der Waals surface area contributed by atoms with Gasteiger partial charge in [0.1, 0.15) is 5.75 Å². The van der Waals surface area contributed by atoms with E-state index in [1.807, 2.05) is 0 Å². The second-order valence-electron chi connectivity index (χ2n) is 3.41. The van der Waals surface area contributed by atoms with E-state index in [-0.39, 0.29) is 13.0 Å². The van der Waals surface area contributed by atoms with Gasteiger partial charge >= 0.3 is 0 Å². The lowest BCUT2D eigenvalue weighted by Gasteiger charge is -2.26. The highest BCUT2D eigenvalue weighted by molar-refractivity contribution is 5.56. The molecule has 0 aromatic heterocycles. The Kier molecular flexibility index (Phi) is 2.06. The molecule has 4 heteroatoms. The maximum atomic E-state index is 13.0. The average molecular weight is 199 g/mol. The van der Waals surface area contributed by atoms with E-state index < -0.39 is 5.92 Å². The number of methoxy groups -OCH3 is 1. The number of fused-ring (bicyclic) bond motifs is 1. The van der Waals surface area contributed by atoms with Crippen LogP contribution in [0.4, 0.5) is 14.5 Å². The maximum absolute atomic E-state index is 13.0.